The number of non-ortho nitro benzene ring substituents is 1. The molecular formula is C12H15FN2O2. The molecule has 1 rings (SSSR count). The molecule has 92 valence electrons. The fraction of sp³-hybridized carbons (Fsp3) is 0.333. The molecule has 0 bridgehead atoms. The van der Waals surface area contributed by atoms with Crippen molar-refractivity contribution in [2.75, 3.05) is 6.54 Å². The van der Waals surface area contributed by atoms with Gasteiger partial charge in [-0.3, -0.25) is 10.1 Å². The number of nitro benzene ring substituents is 1. The summed E-state index contributed by atoms with van der Waals surface area (Å²) in [5.41, 5.74) is 0.117. The zero-order valence-corrected chi connectivity index (χ0v) is 9.81. The summed E-state index contributed by atoms with van der Waals surface area (Å²) in [6.07, 6.45) is 3.32. The highest BCUT2D eigenvalue weighted by atomic mass is 19.1. The third-order valence-electron chi connectivity index (χ3n) is 2.28. The summed E-state index contributed by atoms with van der Waals surface area (Å²) in [4.78, 5) is 10.0. The van der Waals surface area contributed by atoms with Crippen molar-refractivity contribution in [2.24, 2.45) is 0 Å². The van der Waals surface area contributed by atoms with Gasteiger partial charge < -0.3 is 5.32 Å². The molecule has 0 aliphatic heterocycles. The molecule has 0 fully saturated rings. The Morgan fingerprint density at radius 1 is 1.59 bits per heavy atom. The number of hydrogen-bond acceptors (Lipinski definition) is 3. The van der Waals surface area contributed by atoms with E-state index in [1.807, 2.05) is 13.8 Å². The van der Waals surface area contributed by atoms with Crippen LogP contribution in [-0.4, -0.2) is 17.5 Å². The Labute approximate surface area is 99.3 Å². The van der Waals surface area contributed by atoms with E-state index in [1.54, 1.807) is 12.2 Å². The van der Waals surface area contributed by atoms with E-state index in [4.69, 9.17) is 0 Å². The van der Waals surface area contributed by atoms with Gasteiger partial charge in [-0.15, -0.1) is 0 Å². The average Bonchev–Trinajstić information content (AvgIpc) is 2.28. The van der Waals surface area contributed by atoms with Gasteiger partial charge in [0.25, 0.3) is 5.69 Å². The number of nitrogens with one attached hydrogen (secondary N) is 1. The van der Waals surface area contributed by atoms with Gasteiger partial charge >= 0.3 is 0 Å². The Morgan fingerprint density at radius 2 is 2.29 bits per heavy atom. The minimum atomic E-state index is -0.537. The van der Waals surface area contributed by atoms with Crippen LogP contribution in [0.15, 0.2) is 24.3 Å². The first-order valence-corrected chi connectivity index (χ1v) is 5.40. The van der Waals surface area contributed by atoms with Crippen molar-refractivity contribution in [2.45, 2.75) is 19.9 Å². The van der Waals surface area contributed by atoms with Gasteiger partial charge in [0.05, 0.1) is 4.92 Å². The zero-order valence-electron chi connectivity index (χ0n) is 9.81. The lowest BCUT2D eigenvalue weighted by Gasteiger charge is -2.05. The van der Waals surface area contributed by atoms with Crippen LogP contribution in [0.1, 0.15) is 19.4 Å². The number of halogens is 1. The van der Waals surface area contributed by atoms with Crippen LogP contribution in [0.4, 0.5) is 10.1 Å². The Balaban J connectivity index is 2.89. The maximum absolute atomic E-state index is 13.4. The van der Waals surface area contributed by atoms with Crippen molar-refractivity contribution in [1.82, 2.24) is 5.32 Å². The Morgan fingerprint density at radius 3 is 2.88 bits per heavy atom. The number of likely N-dealkylation sites (N-methyl/N-ethyl adjacent to an activating group) is 1. The van der Waals surface area contributed by atoms with Gasteiger partial charge in [-0.05, 0) is 19.5 Å². The van der Waals surface area contributed by atoms with E-state index in [2.05, 4.69) is 5.32 Å². The molecular weight excluding hydrogens is 223 g/mol. The normalized spacial score (nSPS) is 12.9. The van der Waals surface area contributed by atoms with E-state index >= 15 is 0 Å². The Hall–Kier alpha value is -1.75. The van der Waals surface area contributed by atoms with Gasteiger partial charge in [-0.2, -0.15) is 0 Å². The molecule has 0 aliphatic rings. The molecule has 1 N–H and O–H groups in total. The molecule has 0 saturated carbocycles. The molecule has 1 aromatic rings. The molecule has 0 aliphatic carbocycles. The van der Waals surface area contributed by atoms with Crippen molar-refractivity contribution in [3.63, 3.8) is 0 Å². The molecule has 0 radical (unpaired) electrons. The summed E-state index contributed by atoms with van der Waals surface area (Å²) in [5.74, 6) is -0.462. The quantitative estimate of drug-likeness (QED) is 0.634. The minimum Gasteiger partial charge on any atom is -0.311 e. The molecule has 1 unspecified atom stereocenters. The van der Waals surface area contributed by atoms with E-state index in [9.17, 15) is 14.5 Å². The number of rotatable bonds is 5. The molecule has 1 aromatic carbocycles. The van der Waals surface area contributed by atoms with Crippen LogP contribution in [0.2, 0.25) is 0 Å². The van der Waals surface area contributed by atoms with Gasteiger partial charge in [0, 0.05) is 23.7 Å². The molecule has 0 heterocycles. The summed E-state index contributed by atoms with van der Waals surface area (Å²) >= 11 is 0. The van der Waals surface area contributed by atoms with Gasteiger partial charge in [-0.1, -0.05) is 19.1 Å². The maximum Gasteiger partial charge on any atom is 0.270 e. The predicted octanol–water partition coefficient (Wildman–Crippen LogP) is 2.75. The van der Waals surface area contributed by atoms with Crippen LogP contribution >= 0.6 is 0 Å². The van der Waals surface area contributed by atoms with E-state index in [-0.39, 0.29) is 17.3 Å². The summed E-state index contributed by atoms with van der Waals surface area (Å²) < 4.78 is 13.4. The maximum atomic E-state index is 13.4. The van der Waals surface area contributed by atoms with Crippen LogP contribution in [-0.2, 0) is 0 Å². The van der Waals surface area contributed by atoms with Crippen molar-refractivity contribution < 1.29 is 9.31 Å². The molecule has 0 aromatic heterocycles. The van der Waals surface area contributed by atoms with E-state index < -0.39 is 10.7 Å². The van der Waals surface area contributed by atoms with E-state index in [0.29, 0.717) is 0 Å². The minimum absolute atomic E-state index is 0.0960. The molecule has 4 nitrogen and oxygen atoms in total. The van der Waals surface area contributed by atoms with Crippen LogP contribution in [0, 0.1) is 15.9 Å². The second-order valence-corrected chi connectivity index (χ2v) is 3.67. The third kappa shape index (κ3) is 3.96. The summed E-state index contributed by atoms with van der Waals surface area (Å²) in [6, 6.07) is 3.58. The molecule has 0 amide bonds. The van der Waals surface area contributed by atoms with Gasteiger partial charge in [0.1, 0.15) is 5.82 Å². The summed E-state index contributed by atoms with van der Waals surface area (Å²) in [7, 11) is 0. The lowest BCUT2D eigenvalue weighted by Crippen LogP contribution is -2.22. The van der Waals surface area contributed by atoms with Crippen LogP contribution in [0.5, 0.6) is 0 Å². The third-order valence-corrected chi connectivity index (χ3v) is 2.28. The lowest BCUT2D eigenvalue weighted by atomic mass is 10.1. The van der Waals surface area contributed by atoms with E-state index in [0.717, 1.165) is 18.7 Å². The van der Waals surface area contributed by atoms with Crippen LogP contribution in [0.25, 0.3) is 6.08 Å². The van der Waals surface area contributed by atoms with E-state index in [1.165, 1.54) is 6.07 Å². The number of nitrogens with zero attached hydrogens (tertiary/aromatic N) is 1. The smallest absolute Gasteiger partial charge is 0.270 e. The number of benzene rings is 1. The van der Waals surface area contributed by atoms with Crippen molar-refractivity contribution >= 4 is 11.8 Å². The molecule has 0 saturated heterocycles. The Kier molecular flexibility index (Phi) is 4.78. The van der Waals surface area contributed by atoms with Crippen molar-refractivity contribution in [1.29, 1.82) is 0 Å². The first kappa shape index (κ1) is 13.3. The second-order valence-electron chi connectivity index (χ2n) is 3.67. The molecule has 1 atom stereocenters. The standard InChI is InChI=1S/C12H15FN2O2/c1-3-14-9(2)4-5-10-8-11(15(16)17)6-7-12(10)13/h4-9,14H,3H2,1-2H3/b5-4+. The lowest BCUT2D eigenvalue weighted by molar-refractivity contribution is -0.384. The fourth-order valence-corrected chi connectivity index (χ4v) is 1.41. The van der Waals surface area contributed by atoms with Crippen molar-refractivity contribution in [3.05, 3.63) is 45.8 Å². The van der Waals surface area contributed by atoms with Crippen molar-refractivity contribution in [3.8, 4) is 0 Å². The molecule has 5 heteroatoms. The topological polar surface area (TPSA) is 55.2 Å². The second kappa shape index (κ2) is 6.10. The number of nitro groups is 1. The monoisotopic (exact) mass is 238 g/mol. The largest absolute Gasteiger partial charge is 0.311 e. The fourth-order valence-electron chi connectivity index (χ4n) is 1.41. The first-order valence-electron chi connectivity index (χ1n) is 5.40. The van der Waals surface area contributed by atoms with Crippen LogP contribution < -0.4 is 5.32 Å². The number of hydrogen-bond donors (Lipinski definition) is 1. The highest BCUT2D eigenvalue weighted by Gasteiger charge is 2.08. The van der Waals surface area contributed by atoms with Gasteiger partial charge in [0.15, 0.2) is 0 Å². The average molecular weight is 238 g/mol. The zero-order chi connectivity index (χ0) is 12.8. The highest BCUT2D eigenvalue weighted by Crippen LogP contribution is 2.18. The van der Waals surface area contributed by atoms with Crippen LogP contribution in [0.3, 0.4) is 0 Å². The summed E-state index contributed by atoms with van der Waals surface area (Å²) in [5, 5.41) is 13.7. The Bertz CT molecular complexity index is 433. The molecule has 0 spiro atoms. The highest BCUT2D eigenvalue weighted by molar-refractivity contribution is 5.54. The molecule has 17 heavy (non-hydrogen) atoms. The first-order chi connectivity index (χ1) is 8.04. The van der Waals surface area contributed by atoms with Gasteiger partial charge in [0.2, 0.25) is 0 Å². The SMILES string of the molecule is CCNC(C)/C=C/c1cc([N+](=O)[O-])ccc1F. The van der Waals surface area contributed by atoms with Gasteiger partial charge in [-0.25, -0.2) is 4.39 Å². The predicted molar refractivity (Wildman–Crippen MR) is 65.2 cm³/mol. The summed E-state index contributed by atoms with van der Waals surface area (Å²) in [6.45, 7) is 4.70.